The topological polar surface area (TPSA) is 66.9 Å². The Morgan fingerprint density at radius 2 is 1.62 bits per heavy atom. The van der Waals surface area contributed by atoms with E-state index in [1.54, 1.807) is 24.3 Å². The Bertz CT molecular complexity index is 967. The zero-order chi connectivity index (χ0) is 18.7. The third-order valence-corrected chi connectivity index (χ3v) is 3.65. The third kappa shape index (κ3) is 3.75. The minimum atomic E-state index is -1.61. The van der Waals surface area contributed by atoms with Crippen LogP contribution in [0.2, 0.25) is 5.02 Å². The van der Waals surface area contributed by atoms with Crippen LogP contribution in [0.1, 0.15) is 10.4 Å². The Morgan fingerprint density at radius 3 is 2.31 bits per heavy atom. The van der Waals surface area contributed by atoms with Crippen molar-refractivity contribution in [2.75, 3.05) is 10.6 Å². The van der Waals surface area contributed by atoms with Crippen LogP contribution in [0.25, 0.3) is 0 Å². The van der Waals surface area contributed by atoms with Gasteiger partial charge in [-0.2, -0.15) is 0 Å². The molecule has 2 N–H and O–H groups in total. The van der Waals surface area contributed by atoms with Crippen LogP contribution in [-0.2, 0) is 0 Å². The molecular formula is C17H10ClF3N4O. The van der Waals surface area contributed by atoms with Crippen molar-refractivity contribution in [2.45, 2.75) is 0 Å². The highest BCUT2D eigenvalue weighted by Gasteiger charge is 2.15. The molecule has 26 heavy (non-hydrogen) atoms. The number of halogens is 4. The van der Waals surface area contributed by atoms with Crippen molar-refractivity contribution in [2.24, 2.45) is 0 Å². The van der Waals surface area contributed by atoms with E-state index in [-0.39, 0.29) is 17.2 Å². The van der Waals surface area contributed by atoms with Crippen LogP contribution >= 0.6 is 11.6 Å². The first-order valence-electron chi connectivity index (χ1n) is 7.24. The minimum absolute atomic E-state index is 0.0933. The maximum atomic E-state index is 13.6. The largest absolute Gasteiger partial charge is 0.322 e. The van der Waals surface area contributed by atoms with E-state index in [0.717, 1.165) is 12.1 Å². The number of anilines is 3. The second-order valence-electron chi connectivity index (χ2n) is 5.08. The number of carbonyl (C=O) groups excluding carboxylic acids is 1. The van der Waals surface area contributed by atoms with Crippen molar-refractivity contribution in [3.05, 3.63) is 76.8 Å². The van der Waals surface area contributed by atoms with Crippen molar-refractivity contribution < 1.29 is 18.0 Å². The second kappa shape index (κ2) is 7.40. The molecule has 0 fully saturated rings. The van der Waals surface area contributed by atoms with E-state index in [4.69, 9.17) is 11.6 Å². The average Bonchev–Trinajstić information content (AvgIpc) is 2.64. The summed E-state index contributed by atoms with van der Waals surface area (Å²) in [5, 5.41) is 5.37. The molecule has 132 valence electrons. The summed E-state index contributed by atoms with van der Waals surface area (Å²) in [5.41, 5.74) is 0.212. The number of hydrogen-bond acceptors (Lipinski definition) is 4. The Kier molecular flexibility index (Phi) is 5.04. The van der Waals surface area contributed by atoms with Gasteiger partial charge >= 0.3 is 0 Å². The highest BCUT2D eigenvalue weighted by Crippen LogP contribution is 2.23. The van der Waals surface area contributed by atoms with Crippen molar-refractivity contribution in [3.63, 3.8) is 0 Å². The van der Waals surface area contributed by atoms with Gasteiger partial charge in [0.15, 0.2) is 17.5 Å². The number of nitrogens with one attached hydrogen (secondary N) is 2. The van der Waals surface area contributed by atoms with Gasteiger partial charge in [0.1, 0.15) is 0 Å². The zero-order valence-electron chi connectivity index (χ0n) is 12.9. The van der Waals surface area contributed by atoms with E-state index in [9.17, 15) is 18.0 Å². The number of aromatic nitrogens is 2. The highest BCUT2D eigenvalue weighted by molar-refractivity contribution is 6.33. The van der Waals surface area contributed by atoms with E-state index >= 15 is 0 Å². The molecule has 0 aliphatic carbocycles. The standard InChI is InChI=1S/C17H10ClF3N4O/c18-10-3-1-2-4-12(10)24-16(26)9-7-22-17(23-8-9)25-13-6-5-11(19)14(20)15(13)21/h1-8H,(H,24,26)(H,22,23,25). The molecule has 1 amide bonds. The molecular weight excluding hydrogens is 369 g/mol. The van der Waals surface area contributed by atoms with Crippen LogP contribution < -0.4 is 10.6 Å². The molecule has 0 aliphatic rings. The van der Waals surface area contributed by atoms with E-state index in [1.165, 1.54) is 12.4 Å². The molecule has 0 bridgehead atoms. The average molecular weight is 379 g/mol. The molecule has 0 radical (unpaired) electrons. The summed E-state index contributed by atoms with van der Waals surface area (Å²) in [6.45, 7) is 0. The molecule has 9 heteroatoms. The maximum Gasteiger partial charge on any atom is 0.258 e. The molecule has 0 aliphatic heterocycles. The van der Waals surface area contributed by atoms with Crippen molar-refractivity contribution in [1.82, 2.24) is 9.97 Å². The molecule has 0 saturated carbocycles. The monoisotopic (exact) mass is 378 g/mol. The lowest BCUT2D eigenvalue weighted by atomic mass is 10.2. The van der Waals surface area contributed by atoms with Gasteiger partial charge in [0.2, 0.25) is 5.95 Å². The predicted molar refractivity (Wildman–Crippen MR) is 91.0 cm³/mol. The summed E-state index contributed by atoms with van der Waals surface area (Å²) in [6.07, 6.45) is 2.39. The molecule has 3 aromatic rings. The smallest absolute Gasteiger partial charge is 0.258 e. The summed E-state index contributed by atoms with van der Waals surface area (Å²) in [7, 11) is 0. The normalized spacial score (nSPS) is 10.5. The zero-order valence-corrected chi connectivity index (χ0v) is 13.7. The first-order valence-corrected chi connectivity index (χ1v) is 7.62. The molecule has 2 aromatic carbocycles. The Hall–Kier alpha value is -3.13. The van der Waals surface area contributed by atoms with Gasteiger partial charge in [-0.25, -0.2) is 23.1 Å². The number of para-hydroxylation sites is 1. The van der Waals surface area contributed by atoms with Gasteiger partial charge in [0.05, 0.1) is 22.0 Å². The van der Waals surface area contributed by atoms with E-state index in [2.05, 4.69) is 20.6 Å². The number of carbonyl (C=O) groups is 1. The fourth-order valence-corrected chi connectivity index (χ4v) is 2.19. The molecule has 1 heterocycles. The number of rotatable bonds is 4. The SMILES string of the molecule is O=C(Nc1ccccc1Cl)c1cnc(Nc2ccc(F)c(F)c2F)nc1. The van der Waals surface area contributed by atoms with E-state index in [0.29, 0.717) is 10.7 Å². The molecule has 5 nitrogen and oxygen atoms in total. The Labute approximate surface area is 150 Å². The Balaban J connectivity index is 1.73. The molecule has 1 aromatic heterocycles. The van der Waals surface area contributed by atoms with Gasteiger partial charge in [-0.3, -0.25) is 4.79 Å². The van der Waals surface area contributed by atoms with Gasteiger partial charge in [-0.1, -0.05) is 23.7 Å². The summed E-state index contributed by atoms with van der Waals surface area (Å²) < 4.78 is 39.8. The van der Waals surface area contributed by atoms with Crippen molar-refractivity contribution in [1.29, 1.82) is 0 Å². The predicted octanol–water partition coefficient (Wildman–Crippen LogP) is 4.54. The lowest BCUT2D eigenvalue weighted by molar-refractivity contribution is 0.102. The second-order valence-corrected chi connectivity index (χ2v) is 5.48. The van der Waals surface area contributed by atoms with Gasteiger partial charge in [-0.05, 0) is 24.3 Å². The van der Waals surface area contributed by atoms with E-state index < -0.39 is 23.4 Å². The first kappa shape index (κ1) is 17.7. The summed E-state index contributed by atoms with van der Waals surface area (Å²) in [4.78, 5) is 19.9. The van der Waals surface area contributed by atoms with Crippen molar-refractivity contribution >= 4 is 34.8 Å². The van der Waals surface area contributed by atoms with Crippen LogP contribution in [-0.4, -0.2) is 15.9 Å². The minimum Gasteiger partial charge on any atom is -0.322 e. The lowest BCUT2D eigenvalue weighted by Crippen LogP contribution is -2.13. The van der Waals surface area contributed by atoms with Gasteiger partial charge in [-0.15, -0.1) is 0 Å². The molecule has 3 rings (SSSR count). The lowest BCUT2D eigenvalue weighted by Gasteiger charge is -2.08. The van der Waals surface area contributed by atoms with Crippen LogP contribution in [0.5, 0.6) is 0 Å². The number of hydrogen-bond donors (Lipinski definition) is 2. The van der Waals surface area contributed by atoms with Crippen LogP contribution in [0.3, 0.4) is 0 Å². The van der Waals surface area contributed by atoms with Crippen LogP contribution in [0, 0.1) is 17.5 Å². The molecule has 0 saturated heterocycles. The summed E-state index contributed by atoms with van der Waals surface area (Å²) >= 11 is 5.96. The van der Waals surface area contributed by atoms with Gasteiger partial charge in [0, 0.05) is 12.4 Å². The quantitative estimate of drug-likeness (QED) is 0.654. The third-order valence-electron chi connectivity index (χ3n) is 3.32. The van der Waals surface area contributed by atoms with E-state index in [1.807, 2.05) is 0 Å². The van der Waals surface area contributed by atoms with Gasteiger partial charge < -0.3 is 10.6 Å². The fraction of sp³-hybridized carbons (Fsp3) is 0. The van der Waals surface area contributed by atoms with Crippen molar-refractivity contribution in [3.8, 4) is 0 Å². The number of nitrogens with zero attached hydrogens (tertiary/aromatic N) is 2. The highest BCUT2D eigenvalue weighted by atomic mass is 35.5. The fourth-order valence-electron chi connectivity index (χ4n) is 2.01. The Morgan fingerprint density at radius 1 is 0.923 bits per heavy atom. The summed E-state index contributed by atoms with van der Waals surface area (Å²) in [5.74, 6) is -4.90. The first-order chi connectivity index (χ1) is 12.5. The van der Waals surface area contributed by atoms with Crippen LogP contribution in [0.4, 0.5) is 30.5 Å². The summed E-state index contributed by atoms with van der Waals surface area (Å²) in [6, 6.07) is 8.46. The number of benzene rings is 2. The number of amides is 1. The molecule has 0 unspecified atom stereocenters. The molecule has 0 spiro atoms. The maximum absolute atomic E-state index is 13.6. The van der Waals surface area contributed by atoms with Gasteiger partial charge in [0.25, 0.3) is 5.91 Å². The van der Waals surface area contributed by atoms with Crippen LogP contribution in [0.15, 0.2) is 48.8 Å². The molecule has 0 atom stereocenters.